The molecule has 2 unspecified atom stereocenters. The number of allylic oxidation sites excluding steroid dienone is 1. The first-order valence-corrected chi connectivity index (χ1v) is 5.19. The average molecular weight is 194 g/mol. The zero-order valence-corrected chi connectivity index (χ0v) is 7.81. The largest absolute Gasteiger partial charge is 0.197 e. The summed E-state index contributed by atoms with van der Waals surface area (Å²) in [5, 5.41) is 18.7. The van der Waals surface area contributed by atoms with E-state index in [4.69, 9.17) is 10.5 Å². The second kappa shape index (κ2) is 4.92. The minimum absolute atomic E-state index is 0.0698. The van der Waals surface area contributed by atoms with Crippen LogP contribution in [0.15, 0.2) is 23.6 Å². The van der Waals surface area contributed by atoms with Crippen molar-refractivity contribution in [2.75, 3.05) is 0 Å². The molecular formula is C8H6N2S2. The molecule has 0 saturated heterocycles. The number of hydrogen-bond donors (Lipinski definition) is 0. The average Bonchev–Trinajstić information content (AvgIpc) is 2.15. The SMILES string of the molecule is N#C/C=C\C1SC=CC(C#N)S1. The summed E-state index contributed by atoms with van der Waals surface area (Å²) < 4.78 is 0.208. The van der Waals surface area contributed by atoms with Crippen molar-refractivity contribution in [3.63, 3.8) is 0 Å². The lowest BCUT2D eigenvalue weighted by Gasteiger charge is -2.15. The second-order valence-electron chi connectivity index (χ2n) is 2.01. The fraction of sp³-hybridized carbons (Fsp3) is 0.250. The second-order valence-corrected chi connectivity index (χ2v) is 4.65. The lowest BCUT2D eigenvalue weighted by atomic mass is 10.5. The summed E-state index contributed by atoms with van der Waals surface area (Å²) in [4.78, 5) is 0. The van der Waals surface area contributed by atoms with Gasteiger partial charge < -0.3 is 0 Å². The molecule has 0 aromatic heterocycles. The molecule has 0 saturated carbocycles. The monoisotopic (exact) mass is 194 g/mol. The minimum Gasteiger partial charge on any atom is -0.197 e. The first-order chi connectivity index (χ1) is 5.86. The minimum atomic E-state index is -0.0698. The molecule has 0 spiro atoms. The third kappa shape index (κ3) is 2.65. The van der Waals surface area contributed by atoms with Crippen molar-refractivity contribution < 1.29 is 0 Å². The van der Waals surface area contributed by atoms with Crippen LogP contribution in [0, 0.1) is 22.7 Å². The van der Waals surface area contributed by atoms with Gasteiger partial charge in [-0.2, -0.15) is 10.5 Å². The molecule has 0 aromatic rings. The van der Waals surface area contributed by atoms with Crippen molar-refractivity contribution in [2.45, 2.75) is 9.83 Å². The number of thioether (sulfide) groups is 2. The van der Waals surface area contributed by atoms with E-state index >= 15 is 0 Å². The van der Waals surface area contributed by atoms with Gasteiger partial charge in [0.2, 0.25) is 0 Å². The van der Waals surface area contributed by atoms with E-state index in [0.29, 0.717) is 0 Å². The molecule has 0 aromatic carbocycles. The summed E-state index contributed by atoms with van der Waals surface area (Å²) in [6.07, 6.45) is 5.13. The van der Waals surface area contributed by atoms with E-state index in [-0.39, 0.29) is 9.83 Å². The van der Waals surface area contributed by atoms with E-state index in [9.17, 15) is 0 Å². The summed E-state index contributed by atoms with van der Waals surface area (Å²) in [5.41, 5.74) is 0. The first kappa shape index (κ1) is 9.25. The van der Waals surface area contributed by atoms with Crippen LogP contribution in [-0.4, -0.2) is 9.83 Å². The van der Waals surface area contributed by atoms with E-state index in [1.54, 1.807) is 23.5 Å². The van der Waals surface area contributed by atoms with Crippen molar-refractivity contribution in [1.82, 2.24) is 0 Å². The highest BCUT2D eigenvalue weighted by Gasteiger charge is 2.15. The summed E-state index contributed by atoms with van der Waals surface area (Å²) in [5.74, 6) is 0. The molecule has 0 N–H and O–H groups in total. The van der Waals surface area contributed by atoms with Gasteiger partial charge in [0.15, 0.2) is 0 Å². The van der Waals surface area contributed by atoms with Gasteiger partial charge in [0.1, 0.15) is 5.25 Å². The van der Waals surface area contributed by atoms with Crippen LogP contribution in [0.4, 0.5) is 0 Å². The molecule has 0 bridgehead atoms. The molecule has 0 radical (unpaired) electrons. The van der Waals surface area contributed by atoms with Crippen LogP contribution >= 0.6 is 23.5 Å². The Morgan fingerprint density at radius 2 is 2.25 bits per heavy atom. The number of nitriles is 2. The van der Waals surface area contributed by atoms with Gasteiger partial charge in [-0.25, -0.2) is 0 Å². The molecule has 0 amide bonds. The Kier molecular flexibility index (Phi) is 3.79. The predicted octanol–water partition coefficient (Wildman–Crippen LogP) is 2.28. The molecule has 1 aliphatic heterocycles. The number of nitrogens with zero attached hydrogens (tertiary/aromatic N) is 2. The molecule has 1 heterocycles. The third-order valence-electron chi connectivity index (χ3n) is 1.20. The topological polar surface area (TPSA) is 47.6 Å². The van der Waals surface area contributed by atoms with Crippen LogP contribution in [0.5, 0.6) is 0 Å². The third-order valence-corrected chi connectivity index (χ3v) is 3.59. The van der Waals surface area contributed by atoms with Crippen LogP contribution in [0.2, 0.25) is 0 Å². The number of rotatable bonds is 1. The molecule has 0 aliphatic carbocycles. The molecule has 4 heteroatoms. The van der Waals surface area contributed by atoms with Gasteiger partial charge in [-0.3, -0.25) is 0 Å². The molecule has 1 rings (SSSR count). The van der Waals surface area contributed by atoms with Crippen molar-refractivity contribution in [1.29, 1.82) is 10.5 Å². The van der Waals surface area contributed by atoms with E-state index in [2.05, 4.69) is 6.07 Å². The van der Waals surface area contributed by atoms with Gasteiger partial charge in [-0.1, -0.05) is 12.2 Å². The molecule has 2 nitrogen and oxygen atoms in total. The summed E-state index contributed by atoms with van der Waals surface area (Å²) >= 11 is 3.16. The maximum atomic E-state index is 8.61. The Hall–Kier alpha value is -0.840. The van der Waals surface area contributed by atoms with Gasteiger partial charge in [-0.15, -0.1) is 23.5 Å². The summed E-state index contributed by atoms with van der Waals surface area (Å²) in [7, 11) is 0. The Morgan fingerprint density at radius 1 is 1.42 bits per heavy atom. The zero-order chi connectivity index (χ0) is 8.81. The van der Waals surface area contributed by atoms with Crippen LogP contribution in [0.25, 0.3) is 0 Å². The van der Waals surface area contributed by atoms with E-state index in [1.807, 2.05) is 23.6 Å². The van der Waals surface area contributed by atoms with Gasteiger partial charge >= 0.3 is 0 Å². The van der Waals surface area contributed by atoms with Gasteiger partial charge in [-0.05, 0) is 5.41 Å². The van der Waals surface area contributed by atoms with Crippen LogP contribution < -0.4 is 0 Å². The number of hydrogen-bond acceptors (Lipinski definition) is 4. The lowest BCUT2D eigenvalue weighted by Crippen LogP contribution is -2.04. The maximum absolute atomic E-state index is 8.61. The van der Waals surface area contributed by atoms with Crippen LogP contribution in [-0.2, 0) is 0 Å². The molecule has 60 valence electrons. The van der Waals surface area contributed by atoms with Crippen molar-refractivity contribution in [2.24, 2.45) is 0 Å². The van der Waals surface area contributed by atoms with Gasteiger partial charge in [0, 0.05) is 6.08 Å². The highest BCUT2D eigenvalue weighted by atomic mass is 32.2. The maximum Gasteiger partial charge on any atom is 0.112 e. The molecule has 12 heavy (non-hydrogen) atoms. The normalized spacial score (nSPS) is 28.2. The van der Waals surface area contributed by atoms with E-state index < -0.39 is 0 Å². The molecular weight excluding hydrogens is 188 g/mol. The molecule has 0 fully saturated rings. The molecule has 1 aliphatic rings. The standard InChI is InChI=1S/C8H6N2S2/c9-4-1-2-8-11-5-3-7(6-10)12-8/h1-3,5,7-8H/b2-1-. The highest BCUT2D eigenvalue weighted by Crippen LogP contribution is 2.34. The fourth-order valence-corrected chi connectivity index (χ4v) is 2.87. The highest BCUT2D eigenvalue weighted by molar-refractivity contribution is 8.19. The Bertz CT molecular complexity index is 282. The molecule has 2 atom stereocenters. The van der Waals surface area contributed by atoms with Gasteiger partial charge in [0.05, 0.1) is 16.7 Å². The zero-order valence-electron chi connectivity index (χ0n) is 6.18. The van der Waals surface area contributed by atoms with Gasteiger partial charge in [0.25, 0.3) is 0 Å². The predicted molar refractivity (Wildman–Crippen MR) is 52.3 cm³/mol. The Balaban J connectivity index is 2.53. The quantitative estimate of drug-likeness (QED) is 0.601. The van der Waals surface area contributed by atoms with E-state index in [0.717, 1.165) is 0 Å². The summed E-state index contributed by atoms with van der Waals surface area (Å²) in [6, 6.07) is 4.09. The van der Waals surface area contributed by atoms with Crippen molar-refractivity contribution in [3.8, 4) is 12.1 Å². The van der Waals surface area contributed by atoms with Crippen molar-refractivity contribution >= 4 is 23.5 Å². The lowest BCUT2D eigenvalue weighted by molar-refractivity contribution is 1.36. The smallest absolute Gasteiger partial charge is 0.112 e. The van der Waals surface area contributed by atoms with Crippen molar-refractivity contribution in [3.05, 3.63) is 23.6 Å². The fourth-order valence-electron chi connectivity index (χ4n) is 0.702. The summed E-state index contributed by atoms with van der Waals surface area (Å²) in [6.45, 7) is 0. The Morgan fingerprint density at radius 3 is 2.92 bits per heavy atom. The van der Waals surface area contributed by atoms with Crippen LogP contribution in [0.1, 0.15) is 0 Å². The van der Waals surface area contributed by atoms with E-state index in [1.165, 1.54) is 6.08 Å². The first-order valence-electron chi connectivity index (χ1n) is 3.30. The Labute approximate surface area is 79.9 Å². The van der Waals surface area contributed by atoms with Crippen LogP contribution in [0.3, 0.4) is 0 Å².